The van der Waals surface area contributed by atoms with Gasteiger partial charge in [-0.2, -0.15) is 5.26 Å². The lowest BCUT2D eigenvalue weighted by Crippen LogP contribution is -2.47. The standard InChI is InChI=1S/C21H18ClN3OS/c1-14-5-2-3-8-17(14)18-10-20(26)25-12-24(13-27-21(25)19(18)11-23)16-7-4-6-15(22)9-16/h2-9,18H,10,12-13H2,1H3/t18-/m0/s1. The van der Waals surface area contributed by atoms with Crippen LogP contribution < -0.4 is 4.90 Å². The summed E-state index contributed by atoms with van der Waals surface area (Å²) in [5.74, 6) is 0.558. The van der Waals surface area contributed by atoms with Crippen LogP contribution in [-0.2, 0) is 4.79 Å². The van der Waals surface area contributed by atoms with Crippen molar-refractivity contribution >= 4 is 35.0 Å². The molecule has 0 aromatic heterocycles. The molecule has 1 saturated heterocycles. The number of hydrogen-bond donors (Lipinski definition) is 0. The molecule has 2 aromatic rings. The Morgan fingerprint density at radius 2 is 2.04 bits per heavy atom. The van der Waals surface area contributed by atoms with E-state index in [9.17, 15) is 10.1 Å². The highest BCUT2D eigenvalue weighted by molar-refractivity contribution is 8.03. The van der Waals surface area contributed by atoms with Crippen LogP contribution in [0, 0.1) is 18.3 Å². The second-order valence-electron chi connectivity index (χ2n) is 6.70. The third-order valence-electron chi connectivity index (χ3n) is 5.03. The number of amides is 1. The Bertz CT molecular complexity index is 981. The normalized spacial score (nSPS) is 19.7. The highest BCUT2D eigenvalue weighted by Gasteiger charge is 2.38. The molecule has 1 fully saturated rings. The molecule has 0 bridgehead atoms. The molecule has 0 spiro atoms. The van der Waals surface area contributed by atoms with Gasteiger partial charge in [-0.1, -0.05) is 53.7 Å². The molecule has 2 aliphatic heterocycles. The molecule has 1 amide bonds. The van der Waals surface area contributed by atoms with Gasteiger partial charge < -0.3 is 4.90 Å². The Morgan fingerprint density at radius 3 is 2.78 bits per heavy atom. The van der Waals surface area contributed by atoms with E-state index < -0.39 is 0 Å². The summed E-state index contributed by atoms with van der Waals surface area (Å²) in [5, 5.41) is 11.3. The predicted molar refractivity (Wildman–Crippen MR) is 109 cm³/mol. The molecular weight excluding hydrogens is 378 g/mol. The molecule has 2 aliphatic rings. The maximum absolute atomic E-state index is 12.9. The third-order valence-corrected chi connectivity index (χ3v) is 6.42. The largest absolute Gasteiger partial charge is 0.344 e. The zero-order chi connectivity index (χ0) is 19.0. The van der Waals surface area contributed by atoms with E-state index in [0.29, 0.717) is 29.6 Å². The van der Waals surface area contributed by atoms with Crippen molar-refractivity contribution in [3.63, 3.8) is 0 Å². The van der Waals surface area contributed by atoms with Crippen LogP contribution in [0.15, 0.2) is 59.1 Å². The molecule has 0 saturated carbocycles. The van der Waals surface area contributed by atoms with E-state index in [1.165, 1.54) is 0 Å². The summed E-state index contributed by atoms with van der Waals surface area (Å²) in [5.41, 5.74) is 3.84. The molecule has 0 N–H and O–H groups in total. The first-order valence-corrected chi connectivity index (χ1v) is 10.1. The van der Waals surface area contributed by atoms with Gasteiger partial charge in [-0.25, -0.2) is 0 Å². The lowest BCUT2D eigenvalue weighted by molar-refractivity contribution is -0.129. The van der Waals surface area contributed by atoms with Crippen LogP contribution in [-0.4, -0.2) is 23.4 Å². The number of hydrogen-bond acceptors (Lipinski definition) is 4. The maximum atomic E-state index is 12.9. The minimum atomic E-state index is -0.167. The molecule has 136 valence electrons. The van der Waals surface area contributed by atoms with E-state index in [1.807, 2.05) is 55.5 Å². The lowest BCUT2D eigenvalue weighted by atomic mass is 9.84. The molecule has 2 heterocycles. The third kappa shape index (κ3) is 3.31. The van der Waals surface area contributed by atoms with Gasteiger partial charge in [0.05, 0.1) is 29.2 Å². The number of nitrogens with zero attached hydrogens (tertiary/aromatic N) is 3. The fraction of sp³-hybridized carbons (Fsp3) is 0.238. The summed E-state index contributed by atoms with van der Waals surface area (Å²) in [6.45, 7) is 2.47. The Hall–Kier alpha value is -2.42. The topological polar surface area (TPSA) is 47.3 Å². The predicted octanol–water partition coefficient (Wildman–Crippen LogP) is 4.87. The molecule has 27 heavy (non-hydrogen) atoms. The van der Waals surface area contributed by atoms with Gasteiger partial charge in [-0.05, 0) is 36.2 Å². The van der Waals surface area contributed by atoms with Gasteiger partial charge in [-0.3, -0.25) is 9.69 Å². The second kappa shape index (κ2) is 7.30. The van der Waals surface area contributed by atoms with Crippen LogP contribution in [0.4, 0.5) is 5.69 Å². The number of rotatable bonds is 2. The number of anilines is 1. The summed E-state index contributed by atoms with van der Waals surface area (Å²) in [6, 6.07) is 18.0. The molecular formula is C21H18ClN3OS. The second-order valence-corrected chi connectivity index (χ2v) is 8.07. The number of aryl methyl sites for hydroxylation is 1. The van der Waals surface area contributed by atoms with E-state index in [1.54, 1.807) is 16.7 Å². The number of carbonyl (C=O) groups is 1. The first-order valence-electron chi connectivity index (χ1n) is 8.72. The maximum Gasteiger partial charge on any atom is 0.229 e. The van der Waals surface area contributed by atoms with Crippen molar-refractivity contribution in [3.05, 3.63) is 75.3 Å². The number of fused-ring (bicyclic) bond motifs is 1. The van der Waals surface area contributed by atoms with Crippen molar-refractivity contribution < 1.29 is 4.79 Å². The molecule has 0 aliphatic carbocycles. The van der Waals surface area contributed by atoms with Crippen LogP contribution in [0.2, 0.25) is 5.02 Å². The van der Waals surface area contributed by atoms with Crippen LogP contribution in [0.1, 0.15) is 23.5 Å². The first-order chi connectivity index (χ1) is 13.1. The van der Waals surface area contributed by atoms with E-state index in [-0.39, 0.29) is 11.8 Å². The number of halogens is 1. The fourth-order valence-electron chi connectivity index (χ4n) is 3.64. The van der Waals surface area contributed by atoms with Crippen LogP contribution in [0.25, 0.3) is 0 Å². The van der Waals surface area contributed by atoms with E-state index >= 15 is 0 Å². The van der Waals surface area contributed by atoms with E-state index in [4.69, 9.17) is 11.6 Å². The van der Waals surface area contributed by atoms with E-state index in [2.05, 4.69) is 11.0 Å². The number of carbonyl (C=O) groups excluding carboxylic acids is 1. The molecule has 0 radical (unpaired) electrons. The van der Waals surface area contributed by atoms with Crippen molar-refractivity contribution in [2.24, 2.45) is 0 Å². The highest BCUT2D eigenvalue weighted by atomic mass is 35.5. The van der Waals surface area contributed by atoms with Crippen molar-refractivity contribution in [2.75, 3.05) is 17.4 Å². The van der Waals surface area contributed by atoms with Gasteiger partial charge in [0, 0.05) is 23.0 Å². The number of allylic oxidation sites excluding steroid dienone is 1. The number of thioether (sulfide) groups is 1. The summed E-state index contributed by atoms with van der Waals surface area (Å²) < 4.78 is 0. The minimum absolute atomic E-state index is 0.0523. The van der Waals surface area contributed by atoms with Gasteiger partial charge >= 0.3 is 0 Å². The summed E-state index contributed by atoms with van der Waals surface area (Å²) in [7, 11) is 0. The summed E-state index contributed by atoms with van der Waals surface area (Å²) in [4.78, 5) is 16.8. The molecule has 4 nitrogen and oxygen atoms in total. The Kier molecular flexibility index (Phi) is 4.86. The van der Waals surface area contributed by atoms with Gasteiger partial charge in [0.2, 0.25) is 5.91 Å². The SMILES string of the molecule is Cc1ccccc1[C@@H]1CC(=O)N2CN(c3cccc(Cl)c3)CSC2=C1C#N. The Labute approximate surface area is 168 Å². The molecule has 2 aromatic carbocycles. The summed E-state index contributed by atoms with van der Waals surface area (Å²) in [6.07, 6.45) is 0.321. The van der Waals surface area contributed by atoms with Gasteiger partial charge in [0.15, 0.2) is 0 Å². The minimum Gasteiger partial charge on any atom is -0.344 e. The van der Waals surface area contributed by atoms with Crippen LogP contribution in [0.5, 0.6) is 0 Å². The average molecular weight is 396 g/mol. The summed E-state index contributed by atoms with van der Waals surface area (Å²) >= 11 is 7.65. The van der Waals surface area contributed by atoms with Crippen molar-refractivity contribution in [2.45, 2.75) is 19.3 Å². The highest BCUT2D eigenvalue weighted by Crippen LogP contribution is 2.43. The van der Waals surface area contributed by atoms with Gasteiger partial charge in [-0.15, -0.1) is 0 Å². The van der Waals surface area contributed by atoms with Gasteiger partial charge in [0.1, 0.15) is 0 Å². The zero-order valence-corrected chi connectivity index (χ0v) is 16.4. The smallest absolute Gasteiger partial charge is 0.229 e. The number of nitriles is 1. The van der Waals surface area contributed by atoms with Crippen LogP contribution >= 0.6 is 23.4 Å². The van der Waals surface area contributed by atoms with E-state index in [0.717, 1.165) is 21.8 Å². The quantitative estimate of drug-likeness (QED) is 0.727. The van der Waals surface area contributed by atoms with Gasteiger partial charge in [0.25, 0.3) is 0 Å². The molecule has 0 unspecified atom stereocenters. The van der Waals surface area contributed by atoms with Crippen molar-refractivity contribution in [3.8, 4) is 6.07 Å². The Balaban J connectivity index is 1.69. The lowest BCUT2D eigenvalue weighted by Gasteiger charge is -2.42. The molecule has 1 atom stereocenters. The monoisotopic (exact) mass is 395 g/mol. The van der Waals surface area contributed by atoms with Crippen LogP contribution in [0.3, 0.4) is 0 Å². The first kappa shape index (κ1) is 18.0. The average Bonchev–Trinajstić information content (AvgIpc) is 2.68. The Morgan fingerprint density at radius 1 is 1.22 bits per heavy atom. The van der Waals surface area contributed by atoms with Crippen molar-refractivity contribution in [1.82, 2.24) is 4.90 Å². The molecule has 6 heteroatoms. The molecule has 4 rings (SSSR count). The fourth-order valence-corrected chi connectivity index (χ4v) is 4.99. The van der Waals surface area contributed by atoms with Crippen molar-refractivity contribution in [1.29, 1.82) is 5.26 Å². The number of benzene rings is 2. The zero-order valence-electron chi connectivity index (χ0n) is 14.9.